The van der Waals surface area contributed by atoms with E-state index < -0.39 is 60.2 Å². The minimum atomic E-state index is -1.65. The number of aromatic amines is 1. The third kappa shape index (κ3) is 9.75. The van der Waals surface area contributed by atoms with Crippen molar-refractivity contribution in [3.05, 3.63) is 83.9 Å². The van der Waals surface area contributed by atoms with Gasteiger partial charge in [-0.05, 0) is 29.7 Å². The van der Waals surface area contributed by atoms with E-state index >= 15 is 0 Å². The van der Waals surface area contributed by atoms with Crippen LogP contribution < -0.4 is 21.7 Å². The summed E-state index contributed by atoms with van der Waals surface area (Å²) in [6.07, 6.45) is 1.85. The number of phenols is 1. The van der Waals surface area contributed by atoms with Gasteiger partial charge in [-0.25, -0.2) is 9.78 Å². The van der Waals surface area contributed by atoms with Crippen molar-refractivity contribution < 1.29 is 39.3 Å². The lowest BCUT2D eigenvalue weighted by Gasteiger charge is -2.24. The SMILES string of the molecule is NC(Cc1ccc(O)cc1)C(=O)NC(Cc1cnc[nH]1)C(=O)NC(CC(=O)O)C(=O)NC(Cc1ccccc1)C(=O)O. The van der Waals surface area contributed by atoms with Gasteiger partial charge in [-0.3, -0.25) is 19.2 Å². The second-order valence-electron chi connectivity index (χ2n) is 9.57. The maximum absolute atomic E-state index is 13.3. The van der Waals surface area contributed by atoms with Crippen molar-refractivity contribution in [1.82, 2.24) is 25.9 Å². The van der Waals surface area contributed by atoms with Crippen LogP contribution >= 0.6 is 0 Å². The average Bonchev–Trinajstić information content (AvgIpc) is 3.46. The summed E-state index contributed by atoms with van der Waals surface area (Å²) in [5.41, 5.74) is 7.78. The number of benzene rings is 2. The highest BCUT2D eigenvalue weighted by atomic mass is 16.4. The van der Waals surface area contributed by atoms with Gasteiger partial charge in [0.1, 0.15) is 23.9 Å². The van der Waals surface area contributed by atoms with Crippen LogP contribution in [0.4, 0.5) is 0 Å². The Bertz CT molecular complexity index is 1360. The highest BCUT2D eigenvalue weighted by Gasteiger charge is 2.32. The van der Waals surface area contributed by atoms with E-state index in [4.69, 9.17) is 5.73 Å². The monoisotopic (exact) mass is 580 g/mol. The number of aromatic nitrogens is 2. The van der Waals surface area contributed by atoms with Gasteiger partial charge in [0.25, 0.3) is 0 Å². The number of carbonyl (C=O) groups is 5. The first-order valence-corrected chi connectivity index (χ1v) is 12.9. The van der Waals surface area contributed by atoms with E-state index in [1.54, 1.807) is 42.5 Å². The summed E-state index contributed by atoms with van der Waals surface area (Å²) >= 11 is 0. The molecule has 0 fully saturated rings. The molecule has 3 amide bonds. The zero-order chi connectivity index (χ0) is 30.6. The molecule has 14 nitrogen and oxygen atoms in total. The van der Waals surface area contributed by atoms with Crippen molar-refractivity contribution in [2.45, 2.75) is 49.9 Å². The van der Waals surface area contributed by atoms with Gasteiger partial charge >= 0.3 is 11.9 Å². The number of aliphatic carboxylic acids is 2. The first-order chi connectivity index (χ1) is 20.0. The van der Waals surface area contributed by atoms with Gasteiger partial charge in [0, 0.05) is 24.7 Å². The summed E-state index contributed by atoms with van der Waals surface area (Å²) in [6, 6.07) is 9.13. The van der Waals surface area contributed by atoms with Crippen molar-refractivity contribution in [2.24, 2.45) is 5.73 Å². The molecule has 0 aliphatic carbocycles. The topological polar surface area (TPSA) is 237 Å². The third-order valence-corrected chi connectivity index (χ3v) is 6.25. The number of aromatic hydroxyl groups is 1. The molecule has 1 heterocycles. The first-order valence-electron chi connectivity index (χ1n) is 12.9. The summed E-state index contributed by atoms with van der Waals surface area (Å²) < 4.78 is 0. The lowest BCUT2D eigenvalue weighted by molar-refractivity contribution is -0.143. The Kier molecular flexibility index (Phi) is 11.1. The van der Waals surface area contributed by atoms with Crippen LogP contribution in [0.1, 0.15) is 23.2 Å². The highest BCUT2D eigenvalue weighted by molar-refractivity contribution is 5.95. The molecule has 4 unspecified atom stereocenters. The molecule has 4 atom stereocenters. The quantitative estimate of drug-likeness (QED) is 0.114. The number of phenolic OH excluding ortho intramolecular Hbond substituents is 1. The van der Waals surface area contributed by atoms with Crippen LogP contribution in [0.25, 0.3) is 0 Å². The van der Waals surface area contributed by atoms with Gasteiger partial charge in [0.15, 0.2) is 0 Å². The van der Waals surface area contributed by atoms with Gasteiger partial charge in [0.2, 0.25) is 17.7 Å². The zero-order valence-electron chi connectivity index (χ0n) is 22.4. The molecule has 0 saturated heterocycles. The number of nitrogens with zero attached hydrogens (tertiary/aromatic N) is 1. The molecule has 0 spiro atoms. The third-order valence-electron chi connectivity index (χ3n) is 6.25. The van der Waals surface area contributed by atoms with Gasteiger partial charge in [-0.1, -0.05) is 42.5 Å². The van der Waals surface area contributed by atoms with Crippen molar-refractivity contribution in [2.75, 3.05) is 0 Å². The highest BCUT2D eigenvalue weighted by Crippen LogP contribution is 2.11. The molecule has 0 radical (unpaired) electrons. The van der Waals surface area contributed by atoms with E-state index in [2.05, 4.69) is 25.9 Å². The van der Waals surface area contributed by atoms with Gasteiger partial charge in [-0.2, -0.15) is 0 Å². The van der Waals surface area contributed by atoms with Crippen molar-refractivity contribution in [3.63, 3.8) is 0 Å². The molecular weight excluding hydrogens is 548 g/mol. The van der Waals surface area contributed by atoms with Crippen LogP contribution in [-0.4, -0.2) is 79.1 Å². The number of nitrogens with one attached hydrogen (secondary N) is 4. The van der Waals surface area contributed by atoms with Gasteiger partial charge in [-0.15, -0.1) is 0 Å². The molecule has 3 aromatic rings. The molecule has 0 saturated carbocycles. The Morgan fingerprint density at radius 2 is 1.36 bits per heavy atom. The maximum Gasteiger partial charge on any atom is 0.326 e. The van der Waals surface area contributed by atoms with Crippen molar-refractivity contribution in [3.8, 4) is 5.75 Å². The Balaban J connectivity index is 1.73. The molecule has 3 rings (SSSR count). The number of H-pyrrole nitrogens is 1. The van der Waals surface area contributed by atoms with Crippen LogP contribution in [-0.2, 0) is 43.2 Å². The summed E-state index contributed by atoms with van der Waals surface area (Å²) in [4.78, 5) is 69.3. The van der Waals surface area contributed by atoms with Crippen molar-refractivity contribution in [1.29, 1.82) is 0 Å². The lowest BCUT2D eigenvalue weighted by atomic mass is 10.0. The first kappa shape index (κ1) is 31.3. The fourth-order valence-electron chi connectivity index (χ4n) is 4.06. The fourth-order valence-corrected chi connectivity index (χ4v) is 4.06. The zero-order valence-corrected chi connectivity index (χ0v) is 22.4. The maximum atomic E-state index is 13.3. The fraction of sp³-hybridized carbons (Fsp3) is 0.286. The summed E-state index contributed by atoms with van der Waals surface area (Å²) in [5.74, 6) is -5.34. The summed E-state index contributed by atoms with van der Waals surface area (Å²) in [5, 5.41) is 35.6. The number of carboxylic acids is 2. The van der Waals surface area contributed by atoms with Gasteiger partial charge in [0.05, 0.1) is 18.8 Å². The van der Waals surface area contributed by atoms with Crippen LogP contribution in [0.5, 0.6) is 5.75 Å². The van der Waals surface area contributed by atoms with E-state index in [-0.39, 0.29) is 25.0 Å². The van der Waals surface area contributed by atoms with E-state index in [0.717, 1.165) is 0 Å². The Morgan fingerprint density at radius 3 is 1.95 bits per heavy atom. The van der Waals surface area contributed by atoms with E-state index in [1.807, 2.05) is 0 Å². The number of carbonyl (C=O) groups excluding carboxylic acids is 3. The predicted octanol–water partition coefficient (Wildman–Crippen LogP) is -0.516. The summed E-state index contributed by atoms with van der Waals surface area (Å²) in [7, 11) is 0. The molecule has 0 aliphatic rings. The second kappa shape index (κ2) is 14.9. The standard InChI is InChI=1S/C28H32N6O8/c29-20(10-17-6-8-19(35)9-7-17)25(38)32-21(12-18-14-30-15-31-18)26(39)33-22(13-24(36)37)27(40)34-23(28(41)42)11-16-4-2-1-3-5-16/h1-9,14-15,20-23,35H,10-13,29H2,(H,30,31)(H,32,38)(H,33,39)(H,34,40)(H,36,37)(H,41,42). The molecule has 9 N–H and O–H groups in total. The normalized spacial score (nSPS) is 13.6. The Hall–Kier alpha value is -5.24. The number of rotatable bonds is 15. The number of hydrogen-bond donors (Lipinski definition) is 8. The van der Waals surface area contributed by atoms with Gasteiger partial charge < -0.3 is 42.0 Å². The number of carboxylic acid groups (broad SMARTS) is 2. The van der Waals surface area contributed by atoms with E-state index in [1.165, 1.54) is 24.7 Å². The summed E-state index contributed by atoms with van der Waals surface area (Å²) in [6.45, 7) is 0. The van der Waals surface area contributed by atoms with Crippen LogP contribution in [0.2, 0.25) is 0 Å². The predicted molar refractivity (Wildman–Crippen MR) is 148 cm³/mol. The lowest BCUT2D eigenvalue weighted by Crippen LogP contribution is -2.58. The molecule has 2 aromatic carbocycles. The van der Waals surface area contributed by atoms with Crippen molar-refractivity contribution >= 4 is 29.7 Å². The molecule has 222 valence electrons. The molecule has 14 heteroatoms. The molecule has 0 aliphatic heterocycles. The number of amides is 3. The molecule has 1 aromatic heterocycles. The molecular formula is C28H32N6O8. The average molecular weight is 581 g/mol. The van der Waals surface area contributed by atoms with Crippen LogP contribution in [0.15, 0.2) is 67.1 Å². The molecule has 0 bridgehead atoms. The van der Waals surface area contributed by atoms with E-state index in [0.29, 0.717) is 16.8 Å². The number of nitrogens with two attached hydrogens (primary N) is 1. The Labute approximate surface area is 240 Å². The minimum absolute atomic E-state index is 0.0442. The number of imidazole rings is 1. The number of hydrogen-bond acceptors (Lipinski definition) is 8. The Morgan fingerprint density at radius 1 is 0.762 bits per heavy atom. The smallest absolute Gasteiger partial charge is 0.326 e. The molecule has 42 heavy (non-hydrogen) atoms. The van der Waals surface area contributed by atoms with Crippen LogP contribution in [0.3, 0.4) is 0 Å². The second-order valence-corrected chi connectivity index (χ2v) is 9.57. The van der Waals surface area contributed by atoms with E-state index in [9.17, 15) is 39.3 Å². The minimum Gasteiger partial charge on any atom is -0.508 e. The van der Waals surface area contributed by atoms with Crippen LogP contribution in [0, 0.1) is 0 Å². The largest absolute Gasteiger partial charge is 0.508 e.